The highest BCUT2D eigenvalue weighted by molar-refractivity contribution is 14.1. The van der Waals surface area contributed by atoms with Crippen LogP contribution in [0.3, 0.4) is 0 Å². The molecule has 13 heavy (non-hydrogen) atoms. The molecule has 78 valence electrons. The van der Waals surface area contributed by atoms with Crippen LogP contribution < -0.4 is 16.0 Å². The highest BCUT2D eigenvalue weighted by Crippen LogP contribution is 2.17. The van der Waals surface area contributed by atoms with Crippen molar-refractivity contribution in [3.8, 4) is 0 Å². The average molecular weight is 297 g/mol. The summed E-state index contributed by atoms with van der Waals surface area (Å²) >= 11 is 2.46. The second-order valence-corrected chi connectivity index (χ2v) is 4.76. The number of alkyl halides is 1. The largest absolute Gasteiger partial charge is 0.320 e. The summed E-state index contributed by atoms with van der Waals surface area (Å²) in [5.74, 6) is 0. The molecule has 1 aliphatic rings. The maximum absolute atomic E-state index is 3.66. The van der Waals surface area contributed by atoms with Gasteiger partial charge in [0.25, 0.3) is 0 Å². The van der Waals surface area contributed by atoms with Gasteiger partial charge in [-0.2, -0.15) is 0 Å². The first-order chi connectivity index (χ1) is 6.33. The van der Waals surface area contributed by atoms with Crippen molar-refractivity contribution in [2.45, 2.75) is 18.4 Å². The lowest BCUT2D eigenvalue weighted by Crippen LogP contribution is -2.60. The van der Waals surface area contributed by atoms with Gasteiger partial charge in [-0.15, -0.1) is 0 Å². The molecule has 4 heteroatoms. The lowest BCUT2D eigenvalue weighted by Gasteiger charge is -2.39. The van der Waals surface area contributed by atoms with Gasteiger partial charge in [-0.05, 0) is 26.4 Å². The Bertz CT molecular complexity index is 129. The zero-order chi connectivity index (χ0) is 9.57. The molecule has 0 aliphatic carbocycles. The summed E-state index contributed by atoms with van der Waals surface area (Å²) in [6.07, 6.45) is 2.49. The number of nitrogens with one attached hydrogen (secondary N) is 3. The van der Waals surface area contributed by atoms with Crippen LogP contribution in [0.2, 0.25) is 0 Å². The molecule has 0 bridgehead atoms. The van der Waals surface area contributed by atoms with Crippen LogP contribution in [0.4, 0.5) is 0 Å². The molecule has 1 rings (SSSR count). The van der Waals surface area contributed by atoms with E-state index in [0.717, 1.165) is 26.2 Å². The van der Waals surface area contributed by atoms with Crippen LogP contribution >= 0.6 is 22.6 Å². The van der Waals surface area contributed by atoms with Crippen molar-refractivity contribution in [2.75, 3.05) is 37.7 Å². The van der Waals surface area contributed by atoms with Gasteiger partial charge in [0.15, 0.2) is 0 Å². The summed E-state index contributed by atoms with van der Waals surface area (Å²) in [6, 6.07) is 0. The van der Waals surface area contributed by atoms with E-state index in [4.69, 9.17) is 0 Å². The van der Waals surface area contributed by atoms with Crippen molar-refractivity contribution in [3.63, 3.8) is 0 Å². The van der Waals surface area contributed by atoms with Gasteiger partial charge in [-0.25, -0.2) is 0 Å². The van der Waals surface area contributed by atoms with Crippen molar-refractivity contribution < 1.29 is 0 Å². The molecule has 0 amide bonds. The number of piperazine rings is 1. The van der Waals surface area contributed by atoms with E-state index in [2.05, 4.69) is 38.5 Å². The van der Waals surface area contributed by atoms with Crippen LogP contribution in [-0.4, -0.2) is 43.2 Å². The Labute approximate surface area is 94.6 Å². The maximum Gasteiger partial charge on any atom is 0.0326 e. The molecule has 0 spiro atoms. The summed E-state index contributed by atoms with van der Waals surface area (Å²) < 4.78 is 1.23. The number of rotatable bonds is 5. The van der Waals surface area contributed by atoms with Crippen molar-refractivity contribution >= 4 is 22.6 Å². The Morgan fingerprint density at radius 3 is 2.77 bits per heavy atom. The fourth-order valence-electron chi connectivity index (χ4n) is 1.83. The van der Waals surface area contributed by atoms with Crippen LogP contribution in [0.1, 0.15) is 12.8 Å². The fourth-order valence-corrected chi connectivity index (χ4v) is 2.86. The summed E-state index contributed by atoms with van der Waals surface area (Å²) in [7, 11) is 2.02. The molecule has 1 atom stereocenters. The smallest absolute Gasteiger partial charge is 0.0326 e. The van der Waals surface area contributed by atoms with Crippen LogP contribution in [-0.2, 0) is 0 Å². The average Bonchev–Trinajstić information content (AvgIpc) is 2.17. The standard InChI is InChI=1S/C9H20IN3/c1-11-5-3-9(2-4-10)8-12-6-7-13-9/h11-13H,2-8H2,1H3. The normalized spacial score (nSPS) is 29.1. The molecule has 3 nitrogen and oxygen atoms in total. The molecule has 0 aromatic heterocycles. The summed E-state index contributed by atoms with van der Waals surface area (Å²) in [4.78, 5) is 0. The van der Waals surface area contributed by atoms with E-state index in [1.807, 2.05) is 7.05 Å². The van der Waals surface area contributed by atoms with Crippen LogP contribution in [0.15, 0.2) is 0 Å². The summed E-state index contributed by atoms with van der Waals surface area (Å²) in [6.45, 7) is 4.45. The molecule has 0 aromatic carbocycles. The van der Waals surface area contributed by atoms with Gasteiger partial charge in [0.2, 0.25) is 0 Å². The van der Waals surface area contributed by atoms with Gasteiger partial charge in [0.05, 0.1) is 0 Å². The second kappa shape index (κ2) is 6.16. The maximum atomic E-state index is 3.66. The first-order valence-corrected chi connectivity index (χ1v) is 6.52. The molecule has 1 fully saturated rings. The van der Waals surface area contributed by atoms with Crippen LogP contribution in [0.5, 0.6) is 0 Å². The van der Waals surface area contributed by atoms with Crippen LogP contribution in [0, 0.1) is 0 Å². The topological polar surface area (TPSA) is 36.1 Å². The van der Waals surface area contributed by atoms with Gasteiger partial charge < -0.3 is 16.0 Å². The van der Waals surface area contributed by atoms with E-state index in [-0.39, 0.29) is 0 Å². The Morgan fingerprint density at radius 1 is 1.38 bits per heavy atom. The number of hydrogen-bond acceptors (Lipinski definition) is 3. The van der Waals surface area contributed by atoms with Crippen molar-refractivity contribution in [1.29, 1.82) is 0 Å². The lowest BCUT2D eigenvalue weighted by atomic mass is 9.90. The molecule has 1 aliphatic heterocycles. The minimum atomic E-state index is 0.350. The van der Waals surface area contributed by atoms with Crippen molar-refractivity contribution in [2.24, 2.45) is 0 Å². The van der Waals surface area contributed by atoms with Crippen molar-refractivity contribution in [1.82, 2.24) is 16.0 Å². The third kappa shape index (κ3) is 3.69. The van der Waals surface area contributed by atoms with Gasteiger partial charge in [-0.1, -0.05) is 22.6 Å². The zero-order valence-corrected chi connectivity index (χ0v) is 10.5. The fraction of sp³-hybridized carbons (Fsp3) is 1.00. The molecule has 0 saturated carbocycles. The predicted molar refractivity (Wildman–Crippen MR) is 65.7 cm³/mol. The highest BCUT2D eigenvalue weighted by Gasteiger charge is 2.29. The molecule has 0 aromatic rings. The third-order valence-electron chi connectivity index (χ3n) is 2.69. The second-order valence-electron chi connectivity index (χ2n) is 3.68. The zero-order valence-electron chi connectivity index (χ0n) is 8.33. The molecule has 1 heterocycles. The molecule has 1 unspecified atom stereocenters. The predicted octanol–water partition coefficient (Wildman–Crippen LogP) is 0.353. The Balaban J connectivity index is 2.40. The van der Waals surface area contributed by atoms with Crippen LogP contribution in [0.25, 0.3) is 0 Å². The molecule has 3 N–H and O–H groups in total. The van der Waals surface area contributed by atoms with E-state index in [9.17, 15) is 0 Å². The van der Waals surface area contributed by atoms with E-state index in [0.29, 0.717) is 5.54 Å². The Morgan fingerprint density at radius 2 is 2.23 bits per heavy atom. The molecular weight excluding hydrogens is 277 g/mol. The van der Waals surface area contributed by atoms with E-state index >= 15 is 0 Å². The minimum Gasteiger partial charge on any atom is -0.320 e. The number of hydrogen-bond donors (Lipinski definition) is 3. The SMILES string of the molecule is CNCCC1(CCI)CNCCN1. The molecule has 0 radical (unpaired) electrons. The number of halogens is 1. The quantitative estimate of drug-likeness (QED) is 0.506. The Kier molecular flexibility index (Phi) is 5.54. The van der Waals surface area contributed by atoms with Gasteiger partial charge in [0.1, 0.15) is 0 Å². The van der Waals surface area contributed by atoms with E-state index < -0.39 is 0 Å². The van der Waals surface area contributed by atoms with Gasteiger partial charge in [0, 0.05) is 29.6 Å². The van der Waals surface area contributed by atoms with Gasteiger partial charge >= 0.3 is 0 Å². The van der Waals surface area contributed by atoms with Crippen molar-refractivity contribution in [3.05, 3.63) is 0 Å². The monoisotopic (exact) mass is 297 g/mol. The lowest BCUT2D eigenvalue weighted by molar-refractivity contribution is 0.248. The minimum absolute atomic E-state index is 0.350. The highest BCUT2D eigenvalue weighted by atomic mass is 127. The first kappa shape index (κ1) is 11.7. The molecule has 1 saturated heterocycles. The summed E-state index contributed by atoms with van der Waals surface area (Å²) in [5, 5.41) is 10.4. The van der Waals surface area contributed by atoms with E-state index in [1.54, 1.807) is 0 Å². The third-order valence-corrected chi connectivity index (χ3v) is 3.23. The van der Waals surface area contributed by atoms with E-state index in [1.165, 1.54) is 17.3 Å². The first-order valence-electron chi connectivity index (χ1n) is 4.99. The Hall–Kier alpha value is 0.610. The van der Waals surface area contributed by atoms with Gasteiger partial charge in [-0.3, -0.25) is 0 Å². The summed E-state index contributed by atoms with van der Waals surface area (Å²) in [5.41, 5.74) is 0.350. The molecular formula is C9H20IN3.